The second-order valence-corrected chi connectivity index (χ2v) is 5.28. The van der Waals surface area contributed by atoms with E-state index in [0.717, 1.165) is 27.3 Å². The molecule has 2 rings (SSSR count). The van der Waals surface area contributed by atoms with Crippen LogP contribution < -0.4 is 5.32 Å². The molecule has 0 amide bonds. The molecular formula is C14H13BrClN. The number of rotatable bonds is 3. The van der Waals surface area contributed by atoms with E-state index in [1.165, 1.54) is 5.56 Å². The summed E-state index contributed by atoms with van der Waals surface area (Å²) in [4.78, 5) is 0. The van der Waals surface area contributed by atoms with Crippen LogP contribution >= 0.6 is 27.5 Å². The molecule has 0 unspecified atom stereocenters. The Morgan fingerprint density at radius 1 is 1.18 bits per heavy atom. The van der Waals surface area contributed by atoms with E-state index in [0.29, 0.717) is 0 Å². The maximum atomic E-state index is 6.18. The monoisotopic (exact) mass is 309 g/mol. The number of benzene rings is 2. The fourth-order valence-electron chi connectivity index (χ4n) is 1.59. The number of anilines is 1. The third kappa shape index (κ3) is 3.48. The summed E-state index contributed by atoms with van der Waals surface area (Å²) in [5.41, 5.74) is 3.37. The molecule has 1 N–H and O–H groups in total. The lowest BCUT2D eigenvalue weighted by atomic mass is 10.1. The van der Waals surface area contributed by atoms with E-state index >= 15 is 0 Å². The molecule has 88 valence electrons. The van der Waals surface area contributed by atoms with E-state index in [4.69, 9.17) is 11.6 Å². The van der Waals surface area contributed by atoms with Gasteiger partial charge in [-0.1, -0.05) is 45.7 Å². The van der Waals surface area contributed by atoms with E-state index in [-0.39, 0.29) is 0 Å². The Bertz CT molecular complexity index is 525. The highest BCUT2D eigenvalue weighted by Gasteiger charge is 2.00. The van der Waals surface area contributed by atoms with Gasteiger partial charge in [0.05, 0.1) is 0 Å². The Hall–Kier alpha value is -0.990. The first-order chi connectivity index (χ1) is 8.15. The molecule has 2 aromatic rings. The Morgan fingerprint density at radius 2 is 2.00 bits per heavy atom. The predicted octanol–water partition coefficient (Wildman–Crippen LogP) is 5.02. The van der Waals surface area contributed by atoms with Crippen molar-refractivity contribution in [2.75, 3.05) is 5.32 Å². The number of aryl methyl sites for hydroxylation is 1. The first-order valence-electron chi connectivity index (χ1n) is 5.39. The van der Waals surface area contributed by atoms with Crippen LogP contribution in [0, 0.1) is 6.92 Å². The van der Waals surface area contributed by atoms with Gasteiger partial charge < -0.3 is 5.32 Å². The van der Waals surface area contributed by atoms with Crippen LogP contribution in [0.5, 0.6) is 0 Å². The Balaban J connectivity index is 2.07. The number of nitrogens with one attached hydrogen (secondary N) is 1. The standard InChI is InChI=1S/C14H13BrClN/c1-10-5-6-11(14(16)7-10)9-17-13-4-2-3-12(15)8-13/h2-8,17H,9H2,1H3. The molecule has 3 heteroatoms. The molecule has 2 aromatic carbocycles. The van der Waals surface area contributed by atoms with Gasteiger partial charge in [0.25, 0.3) is 0 Å². The summed E-state index contributed by atoms with van der Waals surface area (Å²) in [6, 6.07) is 14.2. The highest BCUT2D eigenvalue weighted by Crippen LogP contribution is 2.20. The molecule has 0 heterocycles. The van der Waals surface area contributed by atoms with E-state index < -0.39 is 0 Å². The van der Waals surface area contributed by atoms with Gasteiger partial charge in [-0.25, -0.2) is 0 Å². The zero-order valence-electron chi connectivity index (χ0n) is 9.50. The quantitative estimate of drug-likeness (QED) is 0.839. The minimum Gasteiger partial charge on any atom is -0.381 e. The minimum atomic E-state index is 0.732. The van der Waals surface area contributed by atoms with Gasteiger partial charge in [-0.05, 0) is 42.3 Å². The zero-order chi connectivity index (χ0) is 12.3. The maximum absolute atomic E-state index is 6.18. The first-order valence-corrected chi connectivity index (χ1v) is 6.57. The largest absolute Gasteiger partial charge is 0.381 e. The molecule has 0 fully saturated rings. The molecule has 17 heavy (non-hydrogen) atoms. The van der Waals surface area contributed by atoms with Crippen molar-refractivity contribution in [1.82, 2.24) is 0 Å². The van der Waals surface area contributed by atoms with Gasteiger partial charge in [0.15, 0.2) is 0 Å². The number of hydrogen-bond donors (Lipinski definition) is 1. The number of halogens is 2. The summed E-state index contributed by atoms with van der Waals surface area (Å²) in [6.45, 7) is 2.77. The van der Waals surface area contributed by atoms with Gasteiger partial charge in [0.2, 0.25) is 0 Å². The molecule has 0 atom stereocenters. The van der Waals surface area contributed by atoms with Crippen LogP contribution in [0.4, 0.5) is 5.69 Å². The lowest BCUT2D eigenvalue weighted by molar-refractivity contribution is 1.14. The van der Waals surface area contributed by atoms with Crippen molar-refractivity contribution < 1.29 is 0 Å². The lowest BCUT2D eigenvalue weighted by Crippen LogP contribution is -2.00. The lowest BCUT2D eigenvalue weighted by Gasteiger charge is -2.09. The third-order valence-electron chi connectivity index (χ3n) is 2.52. The van der Waals surface area contributed by atoms with Crippen molar-refractivity contribution in [2.24, 2.45) is 0 Å². The van der Waals surface area contributed by atoms with Crippen LogP contribution in [0.25, 0.3) is 0 Å². The summed E-state index contributed by atoms with van der Waals surface area (Å²) < 4.78 is 1.07. The van der Waals surface area contributed by atoms with Crippen molar-refractivity contribution in [3.63, 3.8) is 0 Å². The SMILES string of the molecule is Cc1ccc(CNc2cccc(Br)c2)c(Cl)c1. The van der Waals surface area contributed by atoms with Gasteiger partial charge in [0.1, 0.15) is 0 Å². The molecule has 0 spiro atoms. The normalized spacial score (nSPS) is 10.3. The molecule has 0 bridgehead atoms. The van der Waals surface area contributed by atoms with Gasteiger partial charge in [-0.3, -0.25) is 0 Å². The van der Waals surface area contributed by atoms with Crippen LogP contribution in [0.1, 0.15) is 11.1 Å². The maximum Gasteiger partial charge on any atom is 0.0458 e. The van der Waals surface area contributed by atoms with Crippen molar-refractivity contribution >= 4 is 33.2 Å². The Kier molecular flexibility index (Phi) is 4.08. The molecule has 0 radical (unpaired) electrons. The van der Waals surface area contributed by atoms with E-state index in [1.807, 2.05) is 37.3 Å². The smallest absolute Gasteiger partial charge is 0.0458 e. The van der Waals surface area contributed by atoms with E-state index in [2.05, 4.69) is 33.4 Å². The van der Waals surface area contributed by atoms with Crippen LogP contribution in [0.2, 0.25) is 5.02 Å². The zero-order valence-corrected chi connectivity index (χ0v) is 11.8. The summed E-state index contributed by atoms with van der Waals surface area (Å²) >= 11 is 9.62. The first kappa shape index (κ1) is 12.5. The van der Waals surface area contributed by atoms with Crippen LogP contribution in [-0.4, -0.2) is 0 Å². The van der Waals surface area contributed by atoms with Crippen LogP contribution in [0.15, 0.2) is 46.9 Å². The van der Waals surface area contributed by atoms with Crippen molar-refractivity contribution in [3.8, 4) is 0 Å². The topological polar surface area (TPSA) is 12.0 Å². The fraction of sp³-hybridized carbons (Fsp3) is 0.143. The van der Waals surface area contributed by atoms with Crippen LogP contribution in [0.3, 0.4) is 0 Å². The molecule has 1 nitrogen and oxygen atoms in total. The molecule has 0 saturated carbocycles. The van der Waals surface area contributed by atoms with Gasteiger partial charge in [-0.2, -0.15) is 0 Å². The summed E-state index contributed by atoms with van der Waals surface area (Å²) in [5.74, 6) is 0. The third-order valence-corrected chi connectivity index (χ3v) is 3.36. The van der Waals surface area contributed by atoms with Crippen molar-refractivity contribution in [1.29, 1.82) is 0 Å². The van der Waals surface area contributed by atoms with Crippen LogP contribution in [-0.2, 0) is 6.54 Å². The van der Waals surface area contributed by atoms with E-state index in [1.54, 1.807) is 0 Å². The molecule has 0 saturated heterocycles. The summed E-state index contributed by atoms with van der Waals surface area (Å²) in [5, 5.41) is 4.16. The highest BCUT2D eigenvalue weighted by molar-refractivity contribution is 9.10. The Morgan fingerprint density at radius 3 is 2.71 bits per heavy atom. The van der Waals surface area contributed by atoms with Crippen molar-refractivity contribution in [3.05, 3.63) is 63.1 Å². The second-order valence-electron chi connectivity index (χ2n) is 3.96. The molecule has 0 aliphatic heterocycles. The molecular weight excluding hydrogens is 298 g/mol. The second kappa shape index (κ2) is 5.56. The Labute approximate surface area is 115 Å². The average Bonchev–Trinajstić information content (AvgIpc) is 2.28. The van der Waals surface area contributed by atoms with Gasteiger partial charge >= 0.3 is 0 Å². The summed E-state index contributed by atoms with van der Waals surface area (Å²) in [7, 11) is 0. The van der Waals surface area contributed by atoms with Crippen molar-refractivity contribution in [2.45, 2.75) is 13.5 Å². The average molecular weight is 311 g/mol. The molecule has 0 aliphatic rings. The minimum absolute atomic E-state index is 0.732. The predicted molar refractivity (Wildman–Crippen MR) is 77.7 cm³/mol. The van der Waals surface area contributed by atoms with Gasteiger partial charge in [-0.15, -0.1) is 0 Å². The fourth-order valence-corrected chi connectivity index (χ4v) is 2.29. The molecule has 0 aromatic heterocycles. The number of hydrogen-bond acceptors (Lipinski definition) is 1. The van der Waals surface area contributed by atoms with Gasteiger partial charge in [0, 0.05) is 21.7 Å². The highest BCUT2D eigenvalue weighted by atomic mass is 79.9. The summed E-state index contributed by atoms with van der Waals surface area (Å²) in [6.07, 6.45) is 0. The van der Waals surface area contributed by atoms with E-state index in [9.17, 15) is 0 Å². The molecule has 0 aliphatic carbocycles.